The summed E-state index contributed by atoms with van der Waals surface area (Å²) in [4.78, 5) is 19.2. The number of benzene rings is 1. The maximum atomic E-state index is 11.9. The number of nitrogens with one attached hydrogen (secondary N) is 2. The van der Waals surface area contributed by atoms with E-state index in [0.29, 0.717) is 19.0 Å². The molecule has 0 radical (unpaired) electrons. The van der Waals surface area contributed by atoms with E-state index in [0.717, 1.165) is 11.0 Å². The number of carbonyl (C=O) groups excluding carboxylic acids is 1. The second-order valence-electron chi connectivity index (χ2n) is 3.94. The maximum Gasteiger partial charge on any atom is 0.255 e. The van der Waals surface area contributed by atoms with Crippen LogP contribution in [-0.2, 0) is 9.53 Å². The Bertz CT molecular complexity index is 503. The van der Waals surface area contributed by atoms with Crippen molar-refractivity contribution < 1.29 is 9.53 Å². The summed E-state index contributed by atoms with van der Waals surface area (Å²) < 4.78 is 5.35. The molecule has 0 bridgehead atoms. The van der Waals surface area contributed by atoms with Crippen molar-refractivity contribution >= 4 is 22.9 Å². The lowest BCUT2D eigenvalue weighted by Gasteiger charge is -2.13. The molecule has 0 saturated heterocycles. The van der Waals surface area contributed by atoms with Crippen LogP contribution in [0, 0.1) is 0 Å². The highest BCUT2D eigenvalue weighted by Gasteiger charge is 2.17. The number of amides is 1. The van der Waals surface area contributed by atoms with Crippen molar-refractivity contribution in [3.8, 4) is 0 Å². The largest absolute Gasteiger partial charge is 0.369 e. The molecule has 0 saturated carbocycles. The van der Waals surface area contributed by atoms with E-state index in [1.54, 1.807) is 0 Å². The van der Waals surface area contributed by atoms with Gasteiger partial charge in [0.2, 0.25) is 5.95 Å². The second kappa shape index (κ2) is 5.64. The molecule has 1 aromatic carbocycles. The Morgan fingerprint density at radius 2 is 2.22 bits per heavy atom. The van der Waals surface area contributed by atoms with Gasteiger partial charge in [0.1, 0.15) is 6.10 Å². The quantitative estimate of drug-likeness (QED) is 0.852. The number of nitrogens with zero attached hydrogens (tertiary/aromatic N) is 1. The SMILES string of the molecule is CCOC(CC)C(=O)Nc1nc2ccccc2[nH]1. The summed E-state index contributed by atoms with van der Waals surface area (Å²) >= 11 is 0. The Hall–Kier alpha value is -1.88. The molecule has 5 heteroatoms. The normalized spacial score (nSPS) is 12.6. The van der Waals surface area contributed by atoms with Crippen molar-refractivity contribution in [1.82, 2.24) is 9.97 Å². The molecule has 0 spiro atoms. The zero-order valence-electron chi connectivity index (χ0n) is 10.6. The Kier molecular flexibility index (Phi) is 3.94. The Morgan fingerprint density at radius 1 is 1.44 bits per heavy atom. The number of hydrogen-bond donors (Lipinski definition) is 2. The molecule has 0 aliphatic rings. The minimum Gasteiger partial charge on any atom is -0.369 e. The van der Waals surface area contributed by atoms with Gasteiger partial charge in [-0.05, 0) is 25.5 Å². The van der Waals surface area contributed by atoms with Gasteiger partial charge in [-0.25, -0.2) is 4.98 Å². The third-order valence-corrected chi connectivity index (χ3v) is 2.66. The summed E-state index contributed by atoms with van der Waals surface area (Å²) in [6, 6.07) is 7.63. The number of carbonyl (C=O) groups is 1. The molecule has 18 heavy (non-hydrogen) atoms. The number of H-pyrrole nitrogens is 1. The van der Waals surface area contributed by atoms with Crippen LogP contribution in [0.3, 0.4) is 0 Å². The summed E-state index contributed by atoms with van der Waals surface area (Å²) in [5.41, 5.74) is 1.73. The molecule has 0 aliphatic carbocycles. The summed E-state index contributed by atoms with van der Waals surface area (Å²) in [7, 11) is 0. The van der Waals surface area contributed by atoms with Crippen LogP contribution in [0.15, 0.2) is 24.3 Å². The van der Waals surface area contributed by atoms with Crippen LogP contribution >= 0.6 is 0 Å². The summed E-state index contributed by atoms with van der Waals surface area (Å²) in [6.45, 7) is 4.31. The molecule has 2 aromatic rings. The Labute approximate surface area is 106 Å². The van der Waals surface area contributed by atoms with Crippen molar-refractivity contribution in [2.75, 3.05) is 11.9 Å². The second-order valence-corrected chi connectivity index (χ2v) is 3.94. The molecular formula is C13H17N3O2. The number of aromatic amines is 1. The number of imidazole rings is 1. The lowest BCUT2D eigenvalue weighted by atomic mass is 10.2. The summed E-state index contributed by atoms with van der Waals surface area (Å²) in [6.07, 6.45) is 0.211. The van der Waals surface area contributed by atoms with Crippen molar-refractivity contribution in [2.24, 2.45) is 0 Å². The van der Waals surface area contributed by atoms with Gasteiger partial charge in [0.05, 0.1) is 11.0 Å². The lowest BCUT2D eigenvalue weighted by Crippen LogP contribution is -2.30. The highest BCUT2D eigenvalue weighted by molar-refractivity contribution is 5.94. The average molecular weight is 247 g/mol. The first kappa shape index (κ1) is 12.6. The van der Waals surface area contributed by atoms with Gasteiger partial charge < -0.3 is 9.72 Å². The molecule has 5 nitrogen and oxygen atoms in total. The van der Waals surface area contributed by atoms with Crippen molar-refractivity contribution in [3.05, 3.63) is 24.3 Å². The summed E-state index contributed by atoms with van der Waals surface area (Å²) in [5, 5.41) is 2.74. The van der Waals surface area contributed by atoms with Crippen molar-refractivity contribution in [3.63, 3.8) is 0 Å². The fourth-order valence-electron chi connectivity index (χ4n) is 1.79. The van der Waals surface area contributed by atoms with Crippen LogP contribution in [0.1, 0.15) is 20.3 Å². The average Bonchev–Trinajstić information content (AvgIpc) is 2.77. The molecule has 1 amide bonds. The van der Waals surface area contributed by atoms with Crippen molar-refractivity contribution in [2.45, 2.75) is 26.4 Å². The number of fused-ring (bicyclic) bond motifs is 1. The number of rotatable bonds is 5. The zero-order valence-corrected chi connectivity index (χ0v) is 10.6. The highest BCUT2D eigenvalue weighted by atomic mass is 16.5. The Balaban J connectivity index is 2.10. The molecule has 1 aromatic heterocycles. The van der Waals surface area contributed by atoms with Crippen LogP contribution in [-0.4, -0.2) is 28.6 Å². The van der Waals surface area contributed by atoms with Gasteiger partial charge in [-0.2, -0.15) is 0 Å². The number of hydrogen-bond acceptors (Lipinski definition) is 3. The zero-order chi connectivity index (χ0) is 13.0. The van der Waals surface area contributed by atoms with E-state index < -0.39 is 6.10 Å². The predicted octanol–water partition coefficient (Wildman–Crippen LogP) is 2.32. The van der Waals surface area contributed by atoms with Gasteiger partial charge >= 0.3 is 0 Å². The molecular weight excluding hydrogens is 230 g/mol. The fourth-order valence-corrected chi connectivity index (χ4v) is 1.79. The molecule has 1 heterocycles. The topological polar surface area (TPSA) is 67.0 Å². The fraction of sp³-hybridized carbons (Fsp3) is 0.385. The third-order valence-electron chi connectivity index (χ3n) is 2.66. The smallest absolute Gasteiger partial charge is 0.255 e. The van der Waals surface area contributed by atoms with E-state index in [1.165, 1.54) is 0 Å². The van der Waals surface area contributed by atoms with E-state index >= 15 is 0 Å². The monoisotopic (exact) mass is 247 g/mol. The third kappa shape index (κ3) is 2.68. The van der Waals surface area contributed by atoms with E-state index in [-0.39, 0.29) is 5.91 Å². The first-order valence-electron chi connectivity index (χ1n) is 6.11. The number of aromatic nitrogens is 2. The van der Waals surface area contributed by atoms with Crippen LogP contribution in [0.2, 0.25) is 0 Å². The molecule has 2 N–H and O–H groups in total. The molecule has 96 valence electrons. The number of anilines is 1. The predicted molar refractivity (Wildman–Crippen MR) is 70.4 cm³/mol. The van der Waals surface area contributed by atoms with Crippen LogP contribution in [0.4, 0.5) is 5.95 Å². The van der Waals surface area contributed by atoms with Gasteiger partial charge in [-0.1, -0.05) is 19.1 Å². The Morgan fingerprint density at radius 3 is 2.89 bits per heavy atom. The maximum absolute atomic E-state index is 11.9. The van der Waals surface area contributed by atoms with Gasteiger partial charge in [0.25, 0.3) is 5.91 Å². The van der Waals surface area contributed by atoms with E-state index in [4.69, 9.17) is 4.74 Å². The van der Waals surface area contributed by atoms with Crippen LogP contribution in [0.5, 0.6) is 0 Å². The molecule has 0 aliphatic heterocycles. The van der Waals surface area contributed by atoms with Gasteiger partial charge in [-0.15, -0.1) is 0 Å². The number of para-hydroxylation sites is 2. The van der Waals surface area contributed by atoms with Crippen LogP contribution in [0.25, 0.3) is 11.0 Å². The van der Waals surface area contributed by atoms with Gasteiger partial charge in [-0.3, -0.25) is 10.1 Å². The first-order chi connectivity index (χ1) is 8.74. The van der Waals surface area contributed by atoms with Crippen molar-refractivity contribution in [1.29, 1.82) is 0 Å². The minimum atomic E-state index is -0.428. The first-order valence-corrected chi connectivity index (χ1v) is 6.11. The van der Waals surface area contributed by atoms with E-state index in [2.05, 4.69) is 15.3 Å². The molecule has 2 rings (SSSR count). The molecule has 1 unspecified atom stereocenters. The molecule has 1 atom stereocenters. The van der Waals surface area contributed by atoms with E-state index in [9.17, 15) is 4.79 Å². The minimum absolute atomic E-state index is 0.168. The van der Waals surface area contributed by atoms with Crippen LogP contribution < -0.4 is 5.32 Å². The highest BCUT2D eigenvalue weighted by Crippen LogP contribution is 2.13. The standard InChI is InChI=1S/C13H17N3O2/c1-3-11(18-4-2)12(17)16-13-14-9-7-5-6-8-10(9)15-13/h5-8,11H,3-4H2,1-2H3,(H2,14,15,16,17). The van der Waals surface area contributed by atoms with Gasteiger partial charge in [0.15, 0.2) is 0 Å². The molecule has 0 fully saturated rings. The summed E-state index contributed by atoms with van der Waals surface area (Å²) in [5.74, 6) is 0.290. The lowest BCUT2D eigenvalue weighted by molar-refractivity contribution is -0.127. The van der Waals surface area contributed by atoms with E-state index in [1.807, 2.05) is 38.1 Å². The number of ether oxygens (including phenoxy) is 1. The van der Waals surface area contributed by atoms with Gasteiger partial charge in [0, 0.05) is 6.61 Å².